The van der Waals surface area contributed by atoms with E-state index in [1.165, 1.54) is 51.0 Å². The van der Waals surface area contributed by atoms with Crippen LogP contribution in [0.3, 0.4) is 0 Å². The van der Waals surface area contributed by atoms with E-state index in [1.54, 1.807) is 23.7 Å². The highest BCUT2D eigenvalue weighted by atomic mass is 32.2. The molecule has 1 N–H and O–H groups in total. The fourth-order valence-electron chi connectivity index (χ4n) is 4.61. The average Bonchev–Trinajstić information content (AvgIpc) is 3.20. The third-order valence-electron chi connectivity index (χ3n) is 6.45. The minimum absolute atomic E-state index is 0.104. The van der Waals surface area contributed by atoms with Gasteiger partial charge in [0.15, 0.2) is 5.16 Å². The number of aryl methyl sites for hydroxylation is 1. The zero-order chi connectivity index (χ0) is 22.5. The first-order valence-corrected chi connectivity index (χ1v) is 12.1. The lowest BCUT2D eigenvalue weighted by atomic mass is 9.88. The van der Waals surface area contributed by atoms with Crippen molar-refractivity contribution in [3.8, 4) is 0 Å². The molecule has 2 aromatic rings. The van der Waals surface area contributed by atoms with Gasteiger partial charge in [0.25, 0.3) is 11.6 Å². The van der Waals surface area contributed by atoms with E-state index in [4.69, 9.17) is 0 Å². The predicted molar refractivity (Wildman–Crippen MR) is 122 cm³/mol. The fraction of sp³-hybridized carbons (Fsp3) is 0.591. The monoisotopic (exact) mass is 458 g/mol. The minimum Gasteiger partial charge on any atom is -0.349 e. The number of carbonyl (C=O) groups excluding carboxylic acids is 1. The van der Waals surface area contributed by atoms with Gasteiger partial charge in [-0.25, -0.2) is 0 Å². The van der Waals surface area contributed by atoms with E-state index >= 15 is 0 Å². The van der Waals surface area contributed by atoms with Gasteiger partial charge in [0.1, 0.15) is 6.33 Å². The van der Waals surface area contributed by atoms with E-state index in [2.05, 4.69) is 20.4 Å². The Kier molecular flexibility index (Phi) is 7.41. The van der Waals surface area contributed by atoms with Crippen molar-refractivity contribution < 1.29 is 9.72 Å². The molecule has 1 saturated heterocycles. The number of amides is 1. The summed E-state index contributed by atoms with van der Waals surface area (Å²) in [6.07, 6.45) is 10.2. The zero-order valence-electron chi connectivity index (χ0n) is 18.4. The second-order valence-electron chi connectivity index (χ2n) is 8.82. The molecule has 0 atom stereocenters. The van der Waals surface area contributed by atoms with Gasteiger partial charge < -0.3 is 14.8 Å². The molecule has 0 radical (unpaired) electrons. The van der Waals surface area contributed by atoms with E-state index < -0.39 is 4.92 Å². The SMILES string of the molecule is Cn1cnnc1Sc1ccc(C(=O)NC2CCN(CC3CCCCC3)CC2)cc1[N+](=O)[O-]. The first kappa shape index (κ1) is 22.7. The van der Waals surface area contributed by atoms with E-state index in [9.17, 15) is 14.9 Å². The highest BCUT2D eigenvalue weighted by molar-refractivity contribution is 7.99. The molecule has 1 aromatic carbocycles. The first-order chi connectivity index (χ1) is 15.5. The summed E-state index contributed by atoms with van der Waals surface area (Å²) in [5, 5.41) is 23.0. The lowest BCUT2D eigenvalue weighted by molar-refractivity contribution is -0.387. The van der Waals surface area contributed by atoms with E-state index in [0.717, 1.165) is 43.6 Å². The van der Waals surface area contributed by atoms with Gasteiger partial charge in [-0.05, 0) is 55.5 Å². The Balaban J connectivity index is 1.33. The molecule has 1 aliphatic heterocycles. The number of hydrogen-bond donors (Lipinski definition) is 1. The minimum atomic E-state index is -0.459. The molecule has 0 spiro atoms. The third kappa shape index (κ3) is 5.66. The van der Waals surface area contributed by atoms with E-state index in [-0.39, 0.29) is 17.6 Å². The van der Waals surface area contributed by atoms with Crippen LogP contribution in [0.15, 0.2) is 34.6 Å². The molecular weight excluding hydrogens is 428 g/mol. The predicted octanol–water partition coefficient (Wildman–Crippen LogP) is 3.65. The van der Waals surface area contributed by atoms with Gasteiger partial charge in [0, 0.05) is 44.4 Å². The second-order valence-corrected chi connectivity index (χ2v) is 9.83. The van der Waals surface area contributed by atoms with Crippen LogP contribution in [-0.2, 0) is 7.05 Å². The summed E-state index contributed by atoms with van der Waals surface area (Å²) in [7, 11) is 1.77. The van der Waals surface area contributed by atoms with Crippen LogP contribution in [0.2, 0.25) is 0 Å². The Morgan fingerprint density at radius 3 is 2.62 bits per heavy atom. The van der Waals surface area contributed by atoms with Crippen molar-refractivity contribution in [2.45, 2.75) is 61.0 Å². The van der Waals surface area contributed by atoms with Crippen molar-refractivity contribution in [3.63, 3.8) is 0 Å². The molecule has 0 bridgehead atoms. The summed E-state index contributed by atoms with van der Waals surface area (Å²) in [6.45, 7) is 3.17. The number of benzene rings is 1. The zero-order valence-corrected chi connectivity index (χ0v) is 19.2. The molecule has 172 valence electrons. The van der Waals surface area contributed by atoms with Crippen molar-refractivity contribution in [3.05, 3.63) is 40.2 Å². The number of nitro groups is 1. The summed E-state index contributed by atoms with van der Waals surface area (Å²) in [4.78, 5) is 26.9. The van der Waals surface area contributed by atoms with Gasteiger partial charge in [-0.15, -0.1) is 10.2 Å². The lowest BCUT2D eigenvalue weighted by Crippen LogP contribution is -2.45. The Morgan fingerprint density at radius 1 is 1.22 bits per heavy atom. The van der Waals surface area contributed by atoms with E-state index in [0.29, 0.717) is 15.6 Å². The molecule has 2 heterocycles. The fourth-order valence-corrected chi connectivity index (χ4v) is 5.46. The largest absolute Gasteiger partial charge is 0.349 e. The van der Waals surface area contributed by atoms with Crippen LogP contribution in [-0.4, -0.2) is 56.2 Å². The molecule has 9 nitrogen and oxygen atoms in total. The Morgan fingerprint density at radius 2 is 1.97 bits per heavy atom. The van der Waals surface area contributed by atoms with Crippen LogP contribution in [0.4, 0.5) is 5.69 Å². The Hall–Kier alpha value is -2.46. The van der Waals surface area contributed by atoms with Crippen molar-refractivity contribution >= 4 is 23.4 Å². The van der Waals surface area contributed by atoms with Crippen LogP contribution in [0.25, 0.3) is 0 Å². The Bertz CT molecular complexity index is 951. The van der Waals surface area contributed by atoms with Crippen LogP contribution >= 0.6 is 11.8 Å². The van der Waals surface area contributed by atoms with Gasteiger partial charge in [-0.1, -0.05) is 19.3 Å². The van der Waals surface area contributed by atoms with Gasteiger partial charge in [-0.3, -0.25) is 14.9 Å². The van der Waals surface area contributed by atoms with Crippen LogP contribution in [0.1, 0.15) is 55.3 Å². The second kappa shape index (κ2) is 10.4. The normalized spacial score (nSPS) is 18.5. The summed E-state index contributed by atoms with van der Waals surface area (Å²) in [5.41, 5.74) is 0.205. The number of nitrogens with zero attached hydrogens (tertiary/aromatic N) is 5. The van der Waals surface area contributed by atoms with E-state index in [1.807, 2.05) is 0 Å². The smallest absolute Gasteiger partial charge is 0.284 e. The van der Waals surface area contributed by atoms with Gasteiger partial charge in [0.05, 0.1) is 9.82 Å². The number of rotatable bonds is 7. The maximum Gasteiger partial charge on any atom is 0.284 e. The Labute approximate surface area is 192 Å². The molecule has 1 amide bonds. The maximum atomic E-state index is 12.8. The molecule has 1 saturated carbocycles. The molecular formula is C22H30N6O3S. The topological polar surface area (TPSA) is 106 Å². The van der Waals surface area contributed by atoms with Crippen LogP contribution in [0.5, 0.6) is 0 Å². The molecule has 2 fully saturated rings. The number of aromatic nitrogens is 3. The van der Waals surface area contributed by atoms with Gasteiger partial charge in [-0.2, -0.15) is 0 Å². The summed E-state index contributed by atoms with van der Waals surface area (Å²) in [6, 6.07) is 4.71. The number of nitrogens with one attached hydrogen (secondary N) is 1. The number of nitro benzene ring substituents is 1. The first-order valence-electron chi connectivity index (χ1n) is 11.3. The van der Waals surface area contributed by atoms with Crippen molar-refractivity contribution in [1.29, 1.82) is 0 Å². The standard InChI is InChI=1S/C22H30N6O3S/c1-26-15-23-25-22(26)32-20-8-7-17(13-19(20)28(30)31)21(29)24-18-9-11-27(12-10-18)14-16-5-3-2-4-6-16/h7-8,13,15-16,18H,2-6,9-12,14H2,1H3,(H,24,29). The molecule has 0 unspecified atom stereocenters. The quantitative estimate of drug-likeness (QED) is 0.498. The van der Waals surface area contributed by atoms with Gasteiger partial charge in [0.2, 0.25) is 0 Å². The highest BCUT2D eigenvalue weighted by Gasteiger charge is 2.25. The summed E-state index contributed by atoms with van der Waals surface area (Å²) < 4.78 is 1.69. The number of carbonyl (C=O) groups is 1. The maximum absolute atomic E-state index is 12.8. The summed E-state index contributed by atoms with van der Waals surface area (Å²) >= 11 is 1.16. The van der Waals surface area contributed by atoms with Crippen molar-refractivity contribution in [2.75, 3.05) is 19.6 Å². The number of likely N-dealkylation sites (tertiary alicyclic amines) is 1. The molecule has 32 heavy (non-hydrogen) atoms. The molecule has 1 aromatic heterocycles. The summed E-state index contributed by atoms with van der Waals surface area (Å²) in [5.74, 6) is 0.572. The van der Waals surface area contributed by atoms with Crippen molar-refractivity contribution in [2.24, 2.45) is 13.0 Å². The third-order valence-corrected chi connectivity index (χ3v) is 7.57. The van der Waals surface area contributed by atoms with Crippen molar-refractivity contribution in [1.82, 2.24) is 25.0 Å². The van der Waals surface area contributed by atoms with Crippen LogP contribution in [0, 0.1) is 16.0 Å². The lowest BCUT2D eigenvalue weighted by Gasteiger charge is -2.35. The highest BCUT2D eigenvalue weighted by Crippen LogP contribution is 2.34. The number of piperidine rings is 1. The molecule has 10 heteroatoms. The van der Waals surface area contributed by atoms with Crippen LogP contribution < -0.4 is 5.32 Å². The molecule has 4 rings (SSSR count). The average molecular weight is 459 g/mol. The molecule has 2 aliphatic rings. The number of hydrogen-bond acceptors (Lipinski definition) is 7. The molecule has 1 aliphatic carbocycles. The van der Waals surface area contributed by atoms with Gasteiger partial charge >= 0.3 is 0 Å².